The Morgan fingerprint density at radius 2 is 2.05 bits per heavy atom. The first-order chi connectivity index (χ1) is 9.50. The summed E-state index contributed by atoms with van der Waals surface area (Å²) >= 11 is 0. The number of nitrogens with one attached hydrogen (secondary N) is 1. The Kier molecular flexibility index (Phi) is 4.39. The molecule has 0 saturated carbocycles. The molecule has 0 aliphatic carbocycles. The zero-order valence-electron chi connectivity index (χ0n) is 11.0. The molecule has 0 bridgehead atoms. The van der Waals surface area contributed by atoms with Crippen LogP contribution in [0.4, 0.5) is 13.2 Å². The van der Waals surface area contributed by atoms with Gasteiger partial charge in [-0.15, -0.1) is 0 Å². The van der Waals surface area contributed by atoms with Gasteiger partial charge < -0.3 is 5.32 Å². The third kappa shape index (κ3) is 3.57. The van der Waals surface area contributed by atoms with E-state index in [0.29, 0.717) is 12.4 Å². The number of alkyl halides is 3. The molecule has 0 spiro atoms. The number of rotatable bonds is 5. The Balaban J connectivity index is 2.08. The fraction of sp³-hybridized carbons (Fsp3) is 0.385. The topological polar surface area (TPSA) is 42.7 Å². The third-order valence-corrected chi connectivity index (χ3v) is 2.71. The molecule has 0 saturated heterocycles. The van der Waals surface area contributed by atoms with Crippen LogP contribution in [0.1, 0.15) is 24.5 Å². The lowest BCUT2D eigenvalue weighted by Crippen LogP contribution is -2.14. The highest BCUT2D eigenvalue weighted by atomic mass is 19.4. The Hall–Kier alpha value is -1.89. The van der Waals surface area contributed by atoms with E-state index >= 15 is 0 Å². The van der Waals surface area contributed by atoms with Gasteiger partial charge in [-0.1, -0.05) is 13.0 Å². The molecule has 108 valence electrons. The highest BCUT2D eigenvalue weighted by molar-refractivity contribution is 5.26. The molecule has 0 amide bonds. The fourth-order valence-corrected chi connectivity index (χ4v) is 1.66. The van der Waals surface area contributed by atoms with Gasteiger partial charge in [-0.05, 0) is 24.6 Å². The van der Waals surface area contributed by atoms with Gasteiger partial charge in [0, 0.05) is 18.9 Å². The molecule has 0 atom stereocenters. The van der Waals surface area contributed by atoms with E-state index in [-0.39, 0.29) is 0 Å². The van der Waals surface area contributed by atoms with Gasteiger partial charge in [0.05, 0.1) is 11.8 Å². The number of hydrogen-bond donors (Lipinski definition) is 1. The van der Waals surface area contributed by atoms with Crippen molar-refractivity contribution in [3.8, 4) is 5.82 Å². The summed E-state index contributed by atoms with van der Waals surface area (Å²) in [7, 11) is 0. The molecule has 4 nitrogen and oxygen atoms in total. The highest BCUT2D eigenvalue weighted by Crippen LogP contribution is 2.28. The number of halogens is 3. The van der Waals surface area contributed by atoms with E-state index in [0.717, 1.165) is 35.6 Å². The van der Waals surface area contributed by atoms with Gasteiger partial charge in [-0.2, -0.15) is 18.3 Å². The molecule has 0 radical (unpaired) electrons. The number of pyridine rings is 1. The van der Waals surface area contributed by atoms with Crippen LogP contribution >= 0.6 is 0 Å². The van der Waals surface area contributed by atoms with Gasteiger partial charge in [-0.3, -0.25) is 0 Å². The minimum absolute atomic E-state index is 0.361. The molecule has 0 aromatic carbocycles. The summed E-state index contributed by atoms with van der Waals surface area (Å²) in [6.45, 7) is 3.67. The van der Waals surface area contributed by atoms with E-state index in [1.165, 1.54) is 0 Å². The van der Waals surface area contributed by atoms with E-state index in [1.807, 2.05) is 6.07 Å². The number of hydrogen-bond acceptors (Lipinski definition) is 3. The Bertz CT molecular complexity index is 545. The molecule has 2 aromatic heterocycles. The van der Waals surface area contributed by atoms with Crippen molar-refractivity contribution < 1.29 is 13.2 Å². The standard InChI is InChI=1S/C13H15F3N4/c1-2-5-17-6-10-3-4-12(18-7-10)20-9-11(8-19-20)13(14,15)16/h3-4,7-9,17H,2,5-6H2,1H3. The van der Waals surface area contributed by atoms with Crippen molar-refractivity contribution in [2.75, 3.05) is 6.54 Å². The Morgan fingerprint density at radius 1 is 1.25 bits per heavy atom. The summed E-state index contributed by atoms with van der Waals surface area (Å²) in [5, 5.41) is 6.90. The predicted octanol–water partition coefficient (Wildman–Crippen LogP) is 2.79. The average Bonchev–Trinajstić information content (AvgIpc) is 2.89. The molecule has 0 fully saturated rings. The van der Waals surface area contributed by atoms with Crippen LogP contribution in [-0.4, -0.2) is 21.3 Å². The van der Waals surface area contributed by atoms with Gasteiger partial charge in [0.25, 0.3) is 0 Å². The van der Waals surface area contributed by atoms with Crippen LogP contribution in [0.25, 0.3) is 5.82 Å². The monoisotopic (exact) mass is 284 g/mol. The summed E-state index contributed by atoms with van der Waals surface area (Å²) in [6.07, 6.45) is 0.00392. The van der Waals surface area contributed by atoms with Crippen LogP contribution in [0.3, 0.4) is 0 Å². The van der Waals surface area contributed by atoms with Gasteiger partial charge in [0.2, 0.25) is 0 Å². The van der Waals surface area contributed by atoms with Crippen molar-refractivity contribution in [2.24, 2.45) is 0 Å². The summed E-state index contributed by atoms with van der Waals surface area (Å²) in [5.74, 6) is 0.361. The summed E-state index contributed by atoms with van der Waals surface area (Å²) in [5.41, 5.74) is 0.193. The molecule has 2 aromatic rings. The third-order valence-electron chi connectivity index (χ3n) is 2.71. The second kappa shape index (κ2) is 6.04. The minimum atomic E-state index is -4.39. The molecule has 0 unspecified atom stereocenters. The zero-order chi connectivity index (χ0) is 14.6. The van der Waals surface area contributed by atoms with Crippen LogP contribution in [0, 0.1) is 0 Å². The average molecular weight is 284 g/mol. The molecule has 1 N–H and O–H groups in total. The van der Waals surface area contributed by atoms with Gasteiger partial charge in [-0.25, -0.2) is 9.67 Å². The highest BCUT2D eigenvalue weighted by Gasteiger charge is 2.32. The fourth-order valence-electron chi connectivity index (χ4n) is 1.66. The number of nitrogens with zero attached hydrogens (tertiary/aromatic N) is 3. The largest absolute Gasteiger partial charge is 0.419 e. The van der Waals surface area contributed by atoms with Gasteiger partial charge in [0.15, 0.2) is 5.82 Å². The summed E-state index contributed by atoms with van der Waals surface area (Å²) in [6, 6.07) is 3.47. The van der Waals surface area contributed by atoms with Crippen molar-refractivity contribution in [2.45, 2.75) is 26.1 Å². The second-order valence-corrected chi connectivity index (χ2v) is 4.37. The van der Waals surface area contributed by atoms with Crippen molar-refractivity contribution in [1.82, 2.24) is 20.1 Å². The zero-order valence-corrected chi connectivity index (χ0v) is 11.0. The Labute approximate surface area is 114 Å². The molecule has 2 heterocycles. The van der Waals surface area contributed by atoms with E-state index in [1.54, 1.807) is 12.3 Å². The van der Waals surface area contributed by atoms with Crippen LogP contribution in [0.2, 0.25) is 0 Å². The lowest BCUT2D eigenvalue weighted by molar-refractivity contribution is -0.137. The van der Waals surface area contributed by atoms with Crippen molar-refractivity contribution in [1.29, 1.82) is 0 Å². The lowest BCUT2D eigenvalue weighted by Gasteiger charge is -2.05. The van der Waals surface area contributed by atoms with E-state index in [4.69, 9.17) is 0 Å². The van der Waals surface area contributed by atoms with Crippen molar-refractivity contribution in [3.05, 3.63) is 41.9 Å². The van der Waals surface area contributed by atoms with E-state index in [2.05, 4.69) is 22.3 Å². The normalized spacial score (nSPS) is 11.8. The molecule has 0 aliphatic heterocycles. The van der Waals surface area contributed by atoms with Gasteiger partial charge in [0.1, 0.15) is 0 Å². The number of aromatic nitrogens is 3. The Morgan fingerprint density at radius 3 is 2.60 bits per heavy atom. The first kappa shape index (κ1) is 14.5. The van der Waals surface area contributed by atoms with Crippen LogP contribution in [0.5, 0.6) is 0 Å². The van der Waals surface area contributed by atoms with Crippen LogP contribution < -0.4 is 5.32 Å². The van der Waals surface area contributed by atoms with Crippen LogP contribution in [-0.2, 0) is 12.7 Å². The van der Waals surface area contributed by atoms with Crippen molar-refractivity contribution in [3.63, 3.8) is 0 Å². The molecule has 7 heteroatoms. The summed E-state index contributed by atoms with van der Waals surface area (Å²) < 4.78 is 38.5. The second-order valence-electron chi connectivity index (χ2n) is 4.37. The quantitative estimate of drug-likeness (QED) is 0.859. The maximum atomic E-state index is 12.5. The van der Waals surface area contributed by atoms with E-state index < -0.39 is 11.7 Å². The molecule has 20 heavy (non-hydrogen) atoms. The minimum Gasteiger partial charge on any atom is -0.313 e. The van der Waals surface area contributed by atoms with Crippen LogP contribution in [0.15, 0.2) is 30.7 Å². The SMILES string of the molecule is CCCNCc1ccc(-n2cc(C(F)(F)F)cn2)nc1. The molecule has 2 rings (SSSR count). The van der Waals surface area contributed by atoms with E-state index in [9.17, 15) is 13.2 Å². The molecule has 0 aliphatic rings. The summed E-state index contributed by atoms with van der Waals surface area (Å²) in [4.78, 5) is 4.12. The first-order valence-electron chi connectivity index (χ1n) is 6.28. The predicted molar refractivity (Wildman–Crippen MR) is 68.4 cm³/mol. The maximum Gasteiger partial charge on any atom is 0.419 e. The smallest absolute Gasteiger partial charge is 0.313 e. The first-order valence-corrected chi connectivity index (χ1v) is 6.28. The molecular formula is C13H15F3N4. The lowest BCUT2D eigenvalue weighted by atomic mass is 10.3. The van der Waals surface area contributed by atoms with Gasteiger partial charge >= 0.3 is 6.18 Å². The van der Waals surface area contributed by atoms with Crippen molar-refractivity contribution >= 4 is 0 Å². The maximum absolute atomic E-state index is 12.5. The molecular weight excluding hydrogens is 269 g/mol.